The second kappa shape index (κ2) is 6.75. The standard InChI is InChI=1S/C16H15ClFN3O/c17-13-3-1-2-12(15(13)18)14(21-16-20-8-9-22-16)10-11-4-6-19-7-5-11/h1-7,14H,8-10H2,(H,20,21)/t14-/m0/s1. The number of rotatable bonds is 4. The molecule has 1 aliphatic heterocycles. The third-order valence-electron chi connectivity index (χ3n) is 3.43. The first-order chi connectivity index (χ1) is 10.7. The summed E-state index contributed by atoms with van der Waals surface area (Å²) in [7, 11) is 0. The van der Waals surface area contributed by atoms with Crippen LogP contribution in [0.25, 0.3) is 0 Å². The summed E-state index contributed by atoms with van der Waals surface area (Å²) < 4.78 is 19.7. The lowest BCUT2D eigenvalue weighted by Gasteiger charge is -2.20. The van der Waals surface area contributed by atoms with Gasteiger partial charge in [0, 0.05) is 18.0 Å². The molecule has 1 N–H and O–H groups in total. The number of aromatic nitrogens is 1. The summed E-state index contributed by atoms with van der Waals surface area (Å²) in [5, 5.41) is 3.26. The van der Waals surface area contributed by atoms with Crippen LogP contribution in [0, 0.1) is 5.82 Å². The molecule has 0 saturated heterocycles. The molecule has 2 aromatic rings. The summed E-state index contributed by atoms with van der Waals surface area (Å²) in [4.78, 5) is 8.21. The van der Waals surface area contributed by atoms with E-state index in [0.717, 1.165) is 5.56 Å². The van der Waals surface area contributed by atoms with Crippen molar-refractivity contribution in [3.8, 4) is 0 Å². The molecule has 0 fully saturated rings. The van der Waals surface area contributed by atoms with Gasteiger partial charge in [0.1, 0.15) is 12.4 Å². The maximum atomic E-state index is 14.4. The molecule has 1 aliphatic rings. The normalized spacial score (nSPS) is 15.1. The molecule has 0 spiro atoms. The molecular formula is C16H15ClFN3O. The number of pyridine rings is 1. The number of hydrogen-bond acceptors (Lipinski definition) is 4. The maximum absolute atomic E-state index is 14.4. The van der Waals surface area contributed by atoms with Crippen LogP contribution in [-0.2, 0) is 11.2 Å². The highest BCUT2D eigenvalue weighted by atomic mass is 35.5. The Kier molecular flexibility index (Phi) is 4.53. The van der Waals surface area contributed by atoms with E-state index in [4.69, 9.17) is 16.3 Å². The van der Waals surface area contributed by atoms with E-state index in [1.807, 2.05) is 12.1 Å². The van der Waals surface area contributed by atoms with E-state index in [2.05, 4.69) is 15.3 Å². The van der Waals surface area contributed by atoms with Gasteiger partial charge < -0.3 is 10.1 Å². The molecule has 3 rings (SSSR count). The van der Waals surface area contributed by atoms with Crippen molar-refractivity contribution in [3.05, 3.63) is 64.7 Å². The Balaban J connectivity index is 1.89. The molecule has 1 atom stereocenters. The first-order valence-electron chi connectivity index (χ1n) is 7.00. The Labute approximate surface area is 133 Å². The minimum atomic E-state index is -0.422. The average molecular weight is 320 g/mol. The number of nitrogens with one attached hydrogen (secondary N) is 1. The van der Waals surface area contributed by atoms with Crippen molar-refractivity contribution in [2.24, 2.45) is 4.99 Å². The summed E-state index contributed by atoms with van der Waals surface area (Å²) in [5.74, 6) is -0.422. The molecule has 0 saturated carbocycles. The zero-order valence-corrected chi connectivity index (χ0v) is 12.6. The van der Waals surface area contributed by atoms with Crippen LogP contribution in [0.5, 0.6) is 0 Å². The van der Waals surface area contributed by atoms with Gasteiger partial charge in [-0.15, -0.1) is 0 Å². The Morgan fingerprint density at radius 1 is 1.27 bits per heavy atom. The third kappa shape index (κ3) is 3.36. The molecule has 0 bridgehead atoms. The van der Waals surface area contributed by atoms with Crippen molar-refractivity contribution in [2.75, 3.05) is 13.2 Å². The van der Waals surface area contributed by atoms with Gasteiger partial charge in [0.15, 0.2) is 0 Å². The monoisotopic (exact) mass is 319 g/mol. The van der Waals surface area contributed by atoms with Gasteiger partial charge in [-0.25, -0.2) is 9.38 Å². The summed E-state index contributed by atoms with van der Waals surface area (Å²) in [5.41, 5.74) is 1.52. The number of ether oxygens (including phenoxy) is 1. The van der Waals surface area contributed by atoms with Gasteiger partial charge in [-0.05, 0) is 30.2 Å². The van der Waals surface area contributed by atoms with E-state index in [1.54, 1.807) is 24.5 Å². The molecule has 0 radical (unpaired) electrons. The average Bonchev–Trinajstić information content (AvgIpc) is 3.03. The Bertz CT molecular complexity index is 678. The van der Waals surface area contributed by atoms with E-state index in [1.165, 1.54) is 6.07 Å². The van der Waals surface area contributed by atoms with E-state index < -0.39 is 5.82 Å². The molecule has 6 heteroatoms. The zero-order chi connectivity index (χ0) is 15.4. The fraction of sp³-hybridized carbons (Fsp3) is 0.250. The molecule has 0 amide bonds. The maximum Gasteiger partial charge on any atom is 0.285 e. The molecule has 114 valence electrons. The number of aliphatic imine (C=N–C) groups is 1. The second-order valence-corrected chi connectivity index (χ2v) is 5.34. The Hall–Kier alpha value is -2.14. The van der Waals surface area contributed by atoms with E-state index in [9.17, 15) is 4.39 Å². The van der Waals surface area contributed by atoms with Crippen molar-refractivity contribution in [3.63, 3.8) is 0 Å². The second-order valence-electron chi connectivity index (χ2n) is 4.93. The van der Waals surface area contributed by atoms with Crippen LogP contribution >= 0.6 is 11.6 Å². The van der Waals surface area contributed by atoms with Crippen molar-refractivity contribution in [1.29, 1.82) is 0 Å². The first-order valence-corrected chi connectivity index (χ1v) is 7.38. The van der Waals surface area contributed by atoms with Gasteiger partial charge in [0.25, 0.3) is 6.02 Å². The summed E-state index contributed by atoms with van der Waals surface area (Å²) in [6, 6.07) is 8.90. The van der Waals surface area contributed by atoms with Crippen LogP contribution in [0.3, 0.4) is 0 Å². The molecule has 4 nitrogen and oxygen atoms in total. The molecule has 1 aromatic heterocycles. The lowest BCUT2D eigenvalue weighted by molar-refractivity contribution is 0.324. The zero-order valence-electron chi connectivity index (χ0n) is 11.8. The van der Waals surface area contributed by atoms with Crippen molar-refractivity contribution < 1.29 is 9.13 Å². The predicted molar refractivity (Wildman–Crippen MR) is 83.5 cm³/mol. The minimum absolute atomic E-state index is 0.105. The van der Waals surface area contributed by atoms with Crippen molar-refractivity contribution in [2.45, 2.75) is 12.5 Å². The predicted octanol–water partition coefficient (Wildman–Crippen LogP) is 3.13. The minimum Gasteiger partial charge on any atom is -0.463 e. The third-order valence-corrected chi connectivity index (χ3v) is 3.72. The Morgan fingerprint density at radius 3 is 2.82 bits per heavy atom. The highest BCUT2D eigenvalue weighted by Crippen LogP contribution is 2.26. The number of hydrogen-bond donors (Lipinski definition) is 1. The Morgan fingerprint density at radius 2 is 2.09 bits per heavy atom. The summed E-state index contributed by atoms with van der Waals surface area (Å²) in [6.07, 6.45) is 4.00. The quantitative estimate of drug-likeness (QED) is 0.941. The molecule has 0 unspecified atom stereocenters. The molecule has 1 aromatic carbocycles. The van der Waals surface area contributed by atoms with Gasteiger partial charge in [-0.1, -0.05) is 23.7 Å². The van der Waals surface area contributed by atoms with Crippen LogP contribution in [0.2, 0.25) is 5.02 Å². The molecule has 0 aliphatic carbocycles. The SMILES string of the molecule is Fc1c(Cl)cccc1[C@H](Cc1ccncc1)NC1=NCCO1. The highest BCUT2D eigenvalue weighted by Gasteiger charge is 2.21. The first kappa shape index (κ1) is 14.8. The highest BCUT2D eigenvalue weighted by molar-refractivity contribution is 6.30. The van der Waals surface area contributed by atoms with Crippen LogP contribution in [-0.4, -0.2) is 24.2 Å². The van der Waals surface area contributed by atoms with Crippen LogP contribution in [0.4, 0.5) is 4.39 Å². The van der Waals surface area contributed by atoms with E-state index in [-0.39, 0.29) is 11.1 Å². The largest absolute Gasteiger partial charge is 0.463 e. The number of halogens is 2. The van der Waals surface area contributed by atoms with Crippen molar-refractivity contribution in [1.82, 2.24) is 10.3 Å². The van der Waals surface area contributed by atoms with Gasteiger partial charge in [0.05, 0.1) is 17.6 Å². The van der Waals surface area contributed by atoms with Crippen LogP contribution in [0.1, 0.15) is 17.2 Å². The van der Waals surface area contributed by atoms with Gasteiger partial charge in [-0.3, -0.25) is 4.98 Å². The van der Waals surface area contributed by atoms with Crippen LogP contribution < -0.4 is 5.32 Å². The fourth-order valence-corrected chi connectivity index (χ4v) is 2.54. The number of nitrogens with zero attached hydrogens (tertiary/aromatic N) is 2. The van der Waals surface area contributed by atoms with Gasteiger partial charge in [0.2, 0.25) is 0 Å². The smallest absolute Gasteiger partial charge is 0.285 e. The van der Waals surface area contributed by atoms with E-state index in [0.29, 0.717) is 31.2 Å². The van der Waals surface area contributed by atoms with Gasteiger partial charge >= 0.3 is 0 Å². The summed E-state index contributed by atoms with van der Waals surface area (Å²) >= 11 is 5.90. The van der Waals surface area contributed by atoms with E-state index >= 15 is 0 Å². The lowest BCUT2D eigenvalue weighted by Crippen LogP contribution is -2.30. The fourth-order valence-electron chi connectivity index (χ4n) is 2.35. The number of benzene rings is 1. The van der Waals surface area contributed by atoms with Gasteiger partial charge in [-0.2, -0.15) is 0 Å². The lowest BCUT2D eigenvalue weighted by atomic mass is 9.99. The molecule has 22 heavy (non-hydrogen) atoms. The topological polar surface area (TPSA) is 46.5 Å². The molecule has 2 heterocycles. The van der Waals surface area contributed by atoms with Crippen LogP contribution in [0.15, 0.2) is 47.7 Å². The van der Waals surface area contributed by atoms with Crippen molar-refractivity contribution >= 4 is 17.6 Å². The summed E-state index contributed by atoms with van der Waals surface area (Å²) in [6.45, 7) is 1.16. The number of amidine groups is 1. The molecular weight excluding hydrogens is 305 g/mol.